The molecule has 1 aliphatic carbocycles. The number of amides is 1. The second kappa shape index (κ2) is 7.00. The monoisotopic (exact) mass is 348 g/mol. The van der Waals surface area contributed by atoms with E-state index in [4.69, 9.17) is 4.74 Å². The molecule has 6 nitrogen and oxygen atoms in total. The van der Waals surface area contributed by atoms with Crippen LogP contribution in [0.3, 0.4) is 0 Å². The third kappa shape index (κ3) is 3.18. The SMILES string of the molecule is Cn1ncc2c1CCC[C@H]2NC(=O)c1cccnc1Oc1ccccc1. The lowest BCUT2D eigenvalue weighted by molar-refractivity contribution is 0.0929. The number of rotatable bonds is 4. The number of nitrogens with zero attached hydrogens (tertiary/aromatic N) is 3. The molecule has 2 aromatic heterocycles. The molecule has 1 atom stereocenters. The van der Waals surface area contributed by atoms with Crippen LogP contribution in [0.1, 0.15) is 40.5 Å². The van der Waals surface area contributed by atoms with E-state index in [-0.39, 0.29) is 11.9 Å². The first-order valence-electron chi connectivity index (χ1n) is 8.72. The number of aromatic nitrogens is 3. The van der Waals surface area contributed by atoms with Crippen LogP contribution in [-0.4, -0.2) is 20.7 Å². The van der Waals surface area contributed by atoms with E-state index in [9.17, 15) is 4.79 Å². The molecule has 1 N–H and O–H groups in total. The molecule has 26 heavy (non-hydrogen) atoms. The highest BCUT2D eigenvalue weighted by Gasteiger charge is 2.26. The van der Waals surface area contributed by atoms with Crippen LogP contribution in [0.25, 0.3) is 0 Å². The first kappa shape index (κ1) is 16.3. The van der Waals surface area contributed by atoms with Crippen LogP contribution in [0.5, 0.6) is 11.6 Å². The molecule has 0 saturated heterocycles. The molecule has 0 spiro atoms. The van der Waals surface area contributed by atoms with Gasteiger partial charge >= 0.3 is 0 Å². The van der Waals surface area contributed by atoms with Crippen LogP contribution in [0.2, 0.25) is 0 Å². The molecule has 2 heterocycles. The van der Waals surface area contributed by atoms with Crippen LogP contribution < -0.4 is 10.1 Å². The third-order valence-corrected chi connectivity index (χ3v) is 4.65. The highest BCUT2D eigenvalue weighted by Crippen LogP contribution is 2.30. The van der Waals surface area contributed by atoms with Gasteiger partial charge in [0.1, 0.15) is 11.3 Å². The Bertz CT molecular complexity index is 921. The van der Waals surface area contributed by atoms with Gasteiger partial charge in [-0.2, -0.15) is 5.10 Å². The van der Waals surface area contributed by atoms with Crippen molar-refractivity contribution in [1.29, 1.82) is 0 Å². The highest BCUT2D eigenvalue weighted by molar-refractivity contribution is 5.96. The summed E-state index contributed by atoms with van der Waals surface area (Å²) < 4.78 is 7.70. The largest absolute Gasteiger partial charge is 0.438 e. The second-order valence-electron chi connectivity index (χ2n) is 6.36. The Morgan fingerprint density at radius 3 is 2.92 bits per heavy atom. The highest BCUT2D eigenvalue weighted by atomic mass is 16.5. The van der Waals surface area contributed by atoms with E-state index in [0.717, 1.165) is 24.8 Å². The molecule has 0 aliphatic heterocycles. The van der Waals surface area contributed by atoms with Crippen molar-refractivity contribution >= 4 is 5.91 Å². The van der Waals surface area contributed by atoms with Crippen LogP contribution in [-0.2, 0) is 13.5 Å². The summed E-state index contributed by atoms with van der Waals surface area (Å²) in [5.41, 5.74) is 2.71. The molecule has 132 valence electrons. The van der Waals surface area contributed by atoms with Crippen molar-refractivity contribution in [1.82, 2.24) is 20.1 Å². The van der Waals surface area contributed by atoms with E-state index >= 15 is 0 Å². The molecule has 1 amide bonds. The Morgan fingerprint density at radius 1 is 1.23 bits per heavy atom. The number of hydrogen-bond donors (Lipinski definition) is 1. The Labute approximate surface area is 151 Å². The Balaban J connectivity index is 1.56. The van der Waals surface area contributed by atoms with Gasteiger partial charge in [0.25, 0.3) is 5.91 Å². The zero-order chi connectivity index (χ0) is 17.9. The van der Waals surface area contributed by atoms with E-state index in [1.54, 1.807) is 18.3 Å². The van der Waals surface area contributed by atoms with Gasteiger partial charge in [0.05, 0.1) is 12.2 Å². The number of aryl methyl sites for hydroxylation is 1. The number of nitrogens with one attached hydrogen (secondary N) is 1. The molecule has 0 fully saturated rings. The van der Waals surface area contributed by atoms with Gasteiger partial charge in [-0.05, 0) is 43.5 Å². The van der Waals surface area contributed by atoms with Gasteiger partial charge in [-0.25, -0.2) is 4.98 Å². The summed E-state index contributed by atoms with van der Waals surface area (Å²) in [4.78, 5) is 17.1. The second-order valence-corrected chi connectivity index (χ2v) is 6.36. The molecule has 0 radical (unpaired) electrons. The molecule has 3 aromatic rings. The number of carbonyl (C=O) groups is 1. The third-order valence-electron chi connectivity index (χ3n) is 4.65. The molecule has 0 unspecified atom stereocenters. The molecule has 1 aromatic carbocycles. The maximum atomic E-state index is 12.9. The number of fused-ring (bicyclic) bond motifs is 1. The standard InChI is InChI=1S/C20H20N4O2/c1-24-18-11-5-10-17(16(18)13-22-24)23-19(25)15-9-6-12-21-20(15)26-14-7-3-2-4-8-14/h2-4,6-9,12-13,17H,5,10-11H2,1H3,(H,23,25)/t17-/m1/s1. The fourth-order valence-electron chi connectivity index (χ4n) is 3.34. The summed E-state index contributed by atoms with van der Waals surface area (Å²) in [5.74, 6) is 0.761. The lowest BCUT2D eigenvalue weighted by Gasteiger charge is -2.24. The lowest BCUT2D eigenvalue weighted by atomic mass is 9.93. The van der Waals surface area contributed by atoms with Crippen molar-refractivity contribution in [2.45, 2.75) is 25.3 Å². The minimum Gasteiger partial charge on any atom is -0.438 e. The summed E-state index contributed by atoms with van der Waals surface area (Å²) in [5, 5.41) is 7.45. The quantitative estimate of drug-likeness (QED) is 0.784. The fourth-order valence-corrected chi connectivity index (χ4v) is 3.34. The fraction of sp³-hybridized carbons (Fsp3) is 0.250. The number of hydrogen-bond acceptors (Lipinski definition) is 4. The zero-order valence-electron chi connectivity index (χ0n) is 14.6. The average Bonchev–Trinajstić information content (AvgIpc) is 3.05. The maximum absolute atomic E-state index is 12.9. The summed E-state index contributed by atoms with van der Waals surface area (Å²) >= 11 is 0. The van der Waals surface area contributed by atoms with Crippen LogP contribution in [0, 0.1) is 0 Å². The molecule has 6 heteroatoms. The van der Waals surface area contributed by atoms with Crippen LogP contribution in [0.4, 0.5) is 0 Å². The minimum atomic E-state index is -0.189. The van der Waals surface area contributed by atoms with Crippen molar-refractivity contribution in [2.24, 2.45) is 7.05 Å². The topological polar surface area (TPSA) is 69.0 Å². The van der Waals surface area contributed by atoms with Gasteiger partial charge in [-0.3, -0.25) is 9.48 Å². The van der Waals surface area contributed by atoms with E-state index in [1.807, 2.05) is 48.3 Å². The van der Waals surface area contributed by atoms with Crippen molar-refractivity contribution in [3.63, 3.8) is 0 Å². The minimum absolute atomic E-state index is 0.0373. The average molecular weight is 348 g/mol. The van der Waals surface area contributed by atoms with Gasteiger partial charge in [-0.15, -0.1) is 0 Å². The Morgan fingerprint density at radius 2 is 2.08 bits per heavy atom. The van der Waals surface area contributed by atoms with Gasteiger partial charge in [0.2, 0.25) is 5.88 Å². The number of para-hydroxylation sites is 1. The molecule has 1 aliphatic rings. The van der Waals surface area contributed by atoms with Crippen molar-refractivity contribution in [2.75, 3.05) is 0 Å². The maximum Gasteiger partial charge on any atom is 0.257 e. The summed E-state index contributed by atoms with van der Waals surface area (Å²) in [7, 11) is 1.94. The van der Waals surface area contributed by atoms with E-state index in [2.05, 4.69) is 15.4 Å². The molecular formula is C20H20N4O2. The number of pyridine rings is 1. The number of carbonyl (C=O) groups excluding carboxylic acids is 1. The number of ether oxygens (including phenoxy) is 1. The Hall–Kier alpha value is -3.15. The lowest BCUT2D eigenvalue weighted by Crippen LogP contribution is -2.31. The van der Waals surface area contributed by atoms with E-state index in [0.29, 0.717) is 17.2 Å². The van der Waals surface area contributed by atoms with E-state index in [1.165, 1.54) is 5.69 Å². The first-order valence-corrected chi connectivity index (χ1v) is 8.72. The molecule has 0 saturated carbocycles. The smallest absolute Gasteiger partial charge is 0.257 e. The van der Waals surface area contributed by atoms with Crippen molar-refractivity contribution in [3.05, 3.63) is 71.7 Å². The first-order chi connectivity index (χ1) is 12.7. The summed E-state index contributed by atoms with van der Waals surface area (Å²) in [6, 6.07) is 12.8. The zero-order valence-corrected chi connectivity index (χ0v) is 14.6. The van der Waals surface area contributed by atoms with Crippen LogP contribution in [0.15, 0.2) is 54.9 Å². The van der Waals surface area contributed by atoms with Gasteiger partial charge in [-0.1, -0.05) is 18.2 Å². The van der Waals surface area contributed by atoms with Crippen molar-refractivity contribution in [3.8, 4) is 11.6 Å². The predicted molar refractivity (Wildman–Crippen MR) is 97.1 cm³/mol. The number of benzene rings is 1. The molecule has 4 rings (SSSR count). The Kier molecular flexibility index (Phi) is 4.39. The summed E-state index contributed by atoms with van der Waals surface area (Å²) in [6.07, 6.45) is 6.39. The summed E-state index contributed by atoms with van der Waals surface area (Å²) in [6.45, 7) is 0. The predicted octanol–water partition coefficient (Wildman–Crippen LogP) is 3.41. The van der Waals surface area contributed by atoms with Gasteiger partial charge in [0, 0.05) is 24.5 Å². The van der Waals surface area contributed by atoms with Gasteiger partial charge < -0.3 is 10.1 Å². The van der Waals surface area contributed by atoms with Crippen molar-refractivity contribution < 1.29 is 9.53 Å². The normalized spacial score (nSPS) is 16.0. The molecular weight excluding hydrogens is 328 g/mol. The van der Waals surface area contributed by atoms with E-state index < -0.39 is 0 Å². The molecule has 0 bridgehead atoms. The van der Waals surface area contributed by atoms with Crippen LogP contribution >= 0.6 is 0 Å². The van der Waals surface area contributed by atoms with Gasteiger partial charge in [0.15, 0.2) is 0 Å².